The van der Waals surface area contributed by atoms with Gasteiger partial charge in [0, 0.05) is 51.9 Å². The van der Waals surface area contributed by atoms with Crippen LogP contribution in [0.2, 0.25) is 0 Å². The van der Waals surface area contributed by atoms with Crippen molar-refractivity contribution in [3.63, 3.8) is 0 Å². The number of sulfonamides is 2. The molecule has 2 aliphatic rings. The zero-order valence-corrected chi connectivity index (χ0v) is 19.1. The number of amides is 1. The third kappa shape index (κ3) is 4.08. The number of nitrogens with zero attached hydrogens (tertiary/aromatic N) is 3. The quantitative estimate of drug-likeness (QED) is 0.629. The average Bonchev–Trinajstić information content (AvgIpc) is 3.01. The van der Waals surface area contributed by atoms with Crippen molar-refractivity contribution in [2.45, 2.75) is 16.2 Å². The van der Waals surface area contributed by atoms with E-state index >= 15 is 0 Å². The number of carbonyl (C=O) groups is 1. The summed E-state index contributed by atoms with van der Waals surface area (Å²) in [6.45, 7) is 0.874. The van der Waals surface area contributed by atoms with E-state index in [1.807, 2.05) is 0 Å². The molecule has 174 valence electrons. The lowest BCUT2D eigenvalue weighted by Crippen LogP contribution is -2.50. The second-order valence-electron chi connectivity index (χ2n) is 7.50. The number of carbonyl (C=O) groups excluding carboxylic acids is 1. The molecule has 0 bridgehead atoms. The van der Waals surface area contributed by atoms with Gasteiger partial charge in [-0.05, 0) is 18.2 Å². The normalized spacial score (nSPS) is 18.3. The molecule has 11 nitrogen and oxygen atoms in total. The molecule has 2 aromatic rings. The van der Waals surface area contributed by atoms with Crippen molar-refractivity contribution < 1.29 is 31.1 Å². The first-order chi connectivity index (χ1) is 15.1. The van der Waals surface area contributed by atoms with Crippen LogP contribution in [-0.2, 0) is 27.1 Å². The summed E-state index contributed by atoms with van der Waals surface area (Å²) in [5, 5.41) is 0. The predicted octanol–water partition coefficient (Wildman–Crippen LogP) is -0.0195. The van der Waals surface area contributed by atoms with Gasteiger partial charge in [0.05, 0.1) is 18.1 Å². The van der Waals surface area contributed by atoms with E-state index < -0.39 is 26.0 Å². The van der Waals surface area contributed by atoms with Crippen molar-refractivity contribution in [1.82, 2.24) is 13.2 Å². The SMILES string of the molecule is Cn1cc(S(=O)(=O)N2CCN(S(=O)(=O)c3ccc4c(c3)OCCCO4)CC2)cc1C(N)=O. The highest BCUT2D eigenvalue weighted by molar-refractivity contribution is 7.89. The van der Waals surface area contributed by atoms with Crippen LogP contribution in [0.25, 0.3) is 0 Å². The Hall–Kier alpha value is -2.61. The van der Waals surface area contributed by atoms with Gasteiger partial charge in [0.25, 0.3) is 5.91 Å². The van der Waals surface area contributed by atoms with E-state index in [4.69, 9.17) is 15.2 Å². The summed E-state index contributed by atoms with van der Waals surface area (Å²) >= 11 is 0. The maximum Gasteiger partial charge on any atom is 0.265 e. The number of piperazine rings is 1. The number of rotatable bonds is 5. The van der Waals surface area contributed by atoms with Gasteiger partial charge in [-0.3, -0.25) is 4.79 Å². The van der Waals surface area contributed by atoms with Crippen LogP contribution in [0.15, 0.2) is 40.3 Å². The van der Waals surface area contributed by atoms with Gasteiger partial charge < -0.3 is 19.8 Å². The van der Waals surface area contributed by atoms with Crippen molar-refractivity contribution in [3.8, 4) is 11.5 Å². The number of nitrogens with two attached hydrogens (primary N) is 1. The molecule has 0 aliphatic carbocycles. The lowest BCUT2D eigenvalue weighted by molar-refractivity contribution is 0.0992. The van der Waals surface area contributed by atoms with Gasteiger partial charge in [-0.25, -0.2) is 16.8 Å². The lowest BCUT2D eigenvalue weighted by Gasteiger charge is -2.33. The number of hydrogen-bond acceptors (Lipinski definition) is 7. The van der Waals surface area contributed by atoms with Crippen molar-refractivity contribution in [2.75, 3.05) is 39.4 Å². The van der Waals surface area contributed by atoms with Crippen LogP contribution in [-0.4, -0.2) is 75.3 Å². The molecule has 0 saturated carbocycles. The number of fused-ring (bicyclic) bond motifs is 1. The Balaban J connectivity index is 1.50. The van der Waals surface area contributed by atoms with Crippen molar-refractivity contribution in [3.05, 3.63) is 36.2 Å². The van der Waals surface area contributed by atoms with Gasteiger partial charge in [-0.2, -0.15) is 8.61 Å². The second-order valence-corrected chi connectivity index (χ2v) is 11.4. The first-order valence-electron chi connectivity index (χ1n) is 9.97. The second kappa shape index (κ2) is 8.39. The minimum absolute atomic E-state index is 0.00842. The van der Waals surface area contributed by atoms with Gasteiger partial charge in [0.15, 0.2) is 11.5 Å². The number of ether oxygens (including phenoxy) is 2. The van der Waals surface area contributed by atoms with Crippen LogP contribution in [0.3, 0.4) is 0 Å². The smallest absolute Gasteiger partial charge is 0.265 e. The molecule has 0 spiro atoms. The summed E-state index contributed by atoms with van der Waals surface area (Å²) in [5.74, 6) is 0.134. The standard InChI is InChI=1S/C19H24N4O7S2/c1-21-13-15(11-16(21)19(20)24)32(27,28)23-7-5-22(6-8-23)31(25,26)14-3-4-17-18(12-14)30-10-2-9-29-17/h3-4,11-13H,2,5-10H2,1H3,(H2,20,24). The van der Waals surface area contributed by atoms with Crippen molar-refractivity contribution in [1.29, 1.82) is 0 Å². The summed E-state index contributed by atoms with van der Waals surface area (Å²) in [7, 11) is -6.22. The van der Waals surface area contributed by atoms with E-state index in [1.165, 1.54) is 44.6 Å². The molecule has 1 saturated heterocycles. The maximum absolute atomic E-state index is 13.1. The Labute approximate surface area is 186 Å². The van der Waals surface area contributed by atoms with E-state index in [9.17, 15) is 21.6 Å². The monoisotopic (exact) mass is 484 g/mol. The molecule has 1 aromatic carbocycles. The van der Waals surface area contributed by atoms with Crippen LogP contribution in [0.5, 0.6) is 11.5 Å². The lowest BCUT2D eigenvalue weighted by atomic mass is 10.3. The summed E-state index contributed by atoms with van der Waals surface area (Å²) in [6.07, 6.45) is 2.02. The Morgan fingerprint density at radius 3 is 2.00 bits per heavy atom. The highest BCUT2D eigenvalue weighted by atomic mass is 32.2. The number of aromatic nitrogens is 1. The highest BCUT2D eigenvalue weighted by Crippen LogP contribution is 2.33. The Bertz CT molecular complexity index is 1250. The number of aryl methyl sites for hydroxylation is 1. The fourth-order valence-electron chi connectivity index (χ4n) is 3.67. The maximum atomic E-state index is 13.1. The van der Waals surface area contributed by atoms with E-state index in [1.54, 1.807) is 6.07 Å². The van der Waals surface area contributed by atoms with E-state index in [0.29, 0.717) is 31.1 Å². The van der Waals surface area contributed by atoms with Gasteiger partial charge in [0.2, 0.25) is 20.0 Å². The van der Waals surface area contributed by atoms with Crippen LogP contribution in [0.4, 0.5) is 0 Å². The molecular weight excluding hydrogens is 460 g/mol. The Morgan fingerprint density at radius 1 is 0.875 bits per heavy atom. The summed E-state index contributed by atoms with van der Waals surface area (Å²) in [6, 6.07) is 5.69. The summed E-state index contributed by atoms with van der Waals surface area (Å²) in [5.41, 5.74) is 5.33. The van der Waals surface area contributed by atoms with E-state index in [-0.39, 0.29) is 41.7 Å². The van der Waals surface area contributed by atoms with Gasteiger partial charge in [-0.1, -0.05) is 0 Å². The van der Waals surface area contributed by atoms with Crippen molar-refractivity contribution in [2.24, 2.45) is 12.8 Å². The van der Waals surface area contributed by atoms with Crippen LogP contribution in [0, 0.1) is 0 Å². The molecule has 1 aromatic heterocycles. The highest BCUT2D eigenvalue weighted by Gasteiger charge is 2.35. The van der Waals surface area contributed by atoms with Gasteiger partial charge in [0.1, 0.15) is 10.6 Å². The molecule has 4 rings (SSSR count). The molecule has 1 amide bonds. The molecule has 0 radical (unpaired) electrons. The minimum atomic E-state index is -3.90. The fraction of sp³-hybridized carbons (Fsp3) is 0.421. The van der Waals surface area contributed by atoms with Crippen LogP contribution < -0.4 is 15.2 Å². The molecule has 3 heterocycles. The Morgan fingerprint density at radius 2 is 1.44 bits per heavy atom. The van der Waals surface area contributed by atoms with Crippen molar-refractivity contribution >= 4 is 26.0 Å². The van der Waals surface area contributed by atoms with Gasteiger partial charge in [-0.15, -0.1) is 0 Å². The van der Waals surface area contributed by atoms with Crippen LogP contribution >= 0.6 is 0 Å². The number of primary amides is 1. The van der Waals surface area contributed by atoms with E-state index in [0.717, 1.165) is 0 Å². The van der Waals surface area contributed by atoms with Gasteiger partial charge >= 0.3 is 0 Å². The third-order valence-corrected chi connectivity index (χ3v) is 9.18. The zero-order chi connectivity index (χ0) is 23.1. The third-order valence-electron chi connectivity index (χ3n) is 5.42. The minimum Gasteiger partial charge on any atom is -0.490 e. The molecular formula is C19H24N4O7S2. The largest absolute Gasteiger partial charge is 0.490 e. The topological polar surface area (TPSA) is 141 Å². The molecule has 13 heteroatoms. The summed E-state index contributed by atoms with van der Waals surface area (Å²) in [4.78, 5) is 11.4. The number of benzene rings is 1. The molecule has 0 unspecified atom stereocenters. The zero-order valence-electron chi connectivity index (χ0n) is 17.4. The first kappa shape index (κ1) is 22.6. The number of hydrogen-bond donors (Lipinski definition) is 1. The fourth-order valence-corrected chi connectivity index (χ4v) is 6.61. The first-order valence-corrected chi connectivity index (χ1v) is 12.8. The van der Waals surface area contributed by atoms with E-state index in [2.05, 4.69) is 0 Å². The average molecular weight is 485 g/mol. The van der Waals surface area contributed by atoms with Crippen LogP contribution in [0.1, 0.15) is 16.9 Å². The molecule has 2 N–H and O–H groups in total. The predicted molar refractivity (Wildman–Crippen MR) is 113 cm³/mol. The molecule has 1 fully saturated rings. The molecule has 0 atom stereocenters. The molecule has 32 heavy (non-hydrogen) atoms. The Kier molecular flexibility index (Phi) is 5.92. The molecule has 2 aliphatic heterocycles. The summed E-state index contributed by atoms with van der Waals surface area (Å²) < 4.78 is 67.1.